The number of aliphatic hydroxyl groups is 1. The molecule has 0 aromatic heterocycles. The molecule has 1 unspecified atom stereocenters. The highest BCUT2D eigenvalue weighted by atomic mass is 16.3. The van der Waals surface area contributed by atoms with E-state index < -0.39 is 0 Å². The van der Waals surface area contributed by atoms with E-state index in [1.54, 1.807) is 0 Å². The third-order valence-electron chi connectivity index (χ3n) is 10.5. The number of ketones is 1. The number of hydrogen-bond donors (Lipinski definition) is 2. The summed E-state index contributed by atoms with van der Waals surface area (Å²) in [6, 6.07) is 0. The number of Topliss-reactive ketones (excluding diaryl/α,β-unsaturated/α-hetero) is 1. The van der Waals surface area contributed by atoms with E-state index in [9.17, 15) is 9.90 Å². The van der Waals surface area contributed by atoms with Crippen molar-refractivity contribution in [3.8, 4) is 0 Å². The van der Waals surface area contributed by atoms with Crippen LogP contribution in [0, 0.1) is 52.3 Å². The molecule has 0 spiro atoms. The summed E-state index contributed by atoms with van der Waals surface area (Å²) < 4.78 is 0. The lowest BCUT2D eigenvalue weighted by Crippen LogP contribution is -2.60. The first-order chi connectivity index (χ1) is 13.3. The number of hydrogen-bond acceptors (Lipinski definition) is 3. The third-order valence-corrected chi connectivity index (χ3v) is 10.5. The van der Waals surface area contributed by atoms with Crippen LogP contribution in [-0.2, 0) is 4.79 Å². The minimum atomic E-state index is -0.196. The zero-order chi connectivity index (χ0) is 20.3. The highest BCUT2D eigenvalue weighted by molar-refractivity contribution is 5.86. The van der Waals surface area contributed by atoms with Crippen LogP contribution in [-0.4, -0.2) is 23.5 Å². The molecule has 4 aliphatic carbocycles. The Morgan fingerprint density at radius 1 is 1.07 bits per heavy atom. The Labute approximate surface area is 172 Å². The number of fused-ring (bicyclic) bond motifs is 5. The van der Waals surface area contributed by atoms with Crippen LogP contribution in [0.25, 0.3) is 0 Å². The monoisotopic (exact) mass is 389 g/mol. The van der Waals surface area contributed by atoms with E-state index in [2.05, 4.69) is 27.7 Å². The smallest absolute Gasteiger partial charge is 0.139 e. The van der Waals surface area contributed by atoms with Gasteiger partial charge < -0.3 is 10.8 Å². The van der Waals surface area contributed by atoms with Gasteiger partial charge >= 0.3 is 0 Å². The Kier molecular flexibility index (Phi) is 5.49. The molecule has 3 N–H and O–H groups in total. The molecule has 0 bridgehead atoms. The second-order valence-electron chi connectivity index (χ2n) is 11.5. The van der Waals surface area contributed by atoms with E-state index in [1.807, 2.05) is 0 Å². The highest BCUT2D eigenvalue weighted by Gasteiger charge is 2.64. The van der Waals surface area contributed by atoms with Gasteiger partial charge in [-0.15, -0.1) is 0 Å². The molecule has 3 heteroatoms. The fraction of sp³-hybridized carbons (Fsp3) is 0.960. The summed E-state index contributed by atoms with van der Waals surface area (Å²) in [5.74, 6) is 3.93. The summed E-state index contributed by atoms with van der Waals surface area (Å²) in [6.45, 7) is 10.4. The molecule has 4 aliphatic rings. The van der Waals surface area contributed by atoms with Crippen molar-refractivity contribution in [3.05, 3.63) is 0 Å². The van der Waals surface area contributed by atoms with Crippen LogP contribution in [0.3, 0.4) is 0 Å². The van der Waals surface area contributed by atoms with Crippen molar-refractivity contribution in [3.63, 3.8) is 0 Å². The van der Waals surface area contributed by atoms with Gasteiger partial charge in [-0.25, -0.2) is 0 Å². The molecule has 0 aliphatic heterocycles. The molecular formula is C25H43NO2. The lowest BCUT2D eigenvalue weighted by Gasteiger charge is -2.62. The molecule has 0 radical (unpaired) electrons. The highest BCUT2D eigenvalue weighted by Crippen LogP contribution is 2.68. The predicted octanol–water partition coefficient (Wildman–Crippen LogP) is 4.81. The molecule has 4 fully saturated rings. The number of aliphatic hydroxyl groups excluding tert-OH is 1. The van der Waals surface area contributed by atoms with Crippen LogP contribution in [0.4, 0.5) is 0 Å². The standard InChI is InChI=1S/C25H43NO2/c1-5-17-21-14-16(27)8-11-25(21,4)20-9-12-24(3)18(15(2)10-13-26)6-7-19(24)22(20)23(17)28/h15-22,27H,5-14,26H2,1-4H3/t15-,16-,17-,18-,19+,20?,21+,22+,24-,25-/m1/s1. The molecule has 0 amide bonds. The van der Waals surface area contributed by atoms with Crippen LogP contribution in [0.2, 0.25) is 0 Å². The maximum atomic E-state index is 13.9. The molecule has 0 aromatic rings. The van der Waals surface area contributed by atoms with Crippen molar-refractivity contribution < 1.29 is 9.90 Å². The molecular weight excluding hydrogens is 346 g/mol. The first-order valence-electron chi connectivity index (χ1n) is 12.2. The number of carbonyl (C=O) groups excluding carboxylic acids is 1. The Hall–Kier alpha value is -0.410. The van der Waals surface area contributed by atoms with E-state index in [4.69, 9.17) is 5.73 Å². The van der Waals surface area contributed by atoms with Gasteiger partial charge in [0.2, 0.25) is 0 Å². The Morgan fingerprint density at radius 2 is 1.75 bits per heavy atom. The van der Waals surface area contributed by atoms with E-state index >= 15 is 0 Å². The topological polar surface area (TPSA) is 63.3 Å². The van der Waals surface area contributed by atoms with Crippen LogP contribution in [0.15, 0.2) is 0 Å². The largest absolute Gasteiger partial charge is 0.393 e. The van der Waals surface area contributed by atoms with Gasteiger partial charge in [0.1, 0.15) is 5.78 Å². The van der Waals surface area contributed by atoms with Crippen LogP contribution >= 0.6 is 0 Å². The second kappa shape index (κ2) is 7.38. The van der Waals surface area contributed by atoms with Crippen LogP contribution in [0.1, 0.15) is 85.5 Å². The van der Waals surface area contributed by atoms with Crippen molar-refractivity contribution in [1.29, 1.82) is 0 Å². The van der Waals surface area contributed by atoms with Crippen molar-refractivity contribution in [2.45, 2.75) is 91.6 Å². The summed E-state index contributed by atoms with van der Waals surface area (Å²) in [4.78, 5) is 13.9. The molecule has 0 saturated heterocycles. The number of nitrogens with two attached hydrogens (primary N) is 1. The molecule has 0 aromatic carbocycles. The van der Waals surface area contributed by atoms with E-state index in [-0.39, 0.29) is 23.4 Å². The Balaban J connectivity index is 1.68. The summed E-state index contributed by atoms with van der Waals surface area (Å²) >= 11 is 0. The minimum Gasteiger partial charge on any atom is -0.393 e. The first-order valence-corrected chi connectivity index (χ1v) is 12.2. The van der Waals surface area contributed by atoms with Gasteiger partial charge in [-0.05, 0) is 105 Å². The molecule has 4 saturated carbocycles. The second-order valence-corrected chi connectivity index (χ2v) is 11.5. The fourth-order valence-electron chi connectivity index (χ4n) is 9.07. The van der Waals surface area contributed by atoms with Crippen LogP contribution in [0.5, 0.6) is 0 Å². The lowest BCUT2D eigenvalue weighted by molar-refractivity contribution is -0.173. The summed E-state index contributed by atoms with van der Waals surface area (Å²) in [7, 11) is 0. The first kappa shape index (κ1) is 20.8. The summed E-state index contributed by atoms with van der Waals surface area (Å²) in [5.41, 5.74) is 6.47. The van der Waals surface area contributed by atoms with Crippen LogP contribution < -0.4 is 5.73 Å². The fourth-order valence-corrected chi connectivity index (χ4v) is 9.07. The molecule has 4 rings (SSSR count). The van der Waals surface area contributed by atoms with Crippen molar-refractivity contribution in [2.75, 3.05) is 6.54 Å². The quantitative estimate of drug-likeness (QED) is 0.725. The predicted molar refractivity (Wildman–Crippen MR) is 114 cm³/mol. The van der Waals surface area contributed by atoms with Gasteiger partial charge in [0.05, 0.1) is 6.10 Å². The Bertz CT molecular complexity index is 605. The van der Waals surface area contributed by atoms with Crippen molar-refractivity contribution in [2.24, 2.45) is 58.0 Å². The molecule has 10 atom stereocenters. The molecule has 28 heavy (non-hydrogen) atoms. The normalized spacial score (nSPS) is 51.9. The van der Waals surface area contributed by atoms with Crippen molar-refractivity contribution in [1.82, 2.24) is 0 Å². The summed E-state index contributed by atoms with van der Waals surface area (Å²) in [6.07, 6.45) is 9.79. The van der Waals surface area contributed by atoms with E-state index in [0.717, 1.165) is 44.6 Å². The van der Waals surface area contributed by atoms with Gasteiger partial charge in [0.25, 0.3) is 0 Å². The van der Waals surface area contributed by atoms with Gasteiger partial charge in [0.15, 0.2) is 0 Å². The third kappa shape index (κ3) is 2.86. The zero-order valence-electron chi connectivity index (χ0n) is 18.6. The molecule has 0 heterocycles. The average molecular weight is 390 g/mol. The molecule has 160 valence electrons. The Morgan fingerprint density at radius 3 is 2.43 bits per heavy atom. The van der Waals surface area contributed by atoms with Gasteiger partial charge in [-0.1, -0.05) is 27.7 Å². The number of carbonyl (C=O) groups is 1. The maximum absolute atomic E-state index is 13.9. The average Bonchev–Trinajstić information content (AvgIpc) is 3.01. The SMILES string of the molecule is CC[C@H]1C(=O)[C@@H]2C(CC[C@]3(C)[C@@H]([C@H](C)CCN)CC[C@@H]23)[C@@]2(C)CC[C@@H](O)C[C@@H]12. The van der Waals surface area contributed by atoms with Gasteiger partial charge in [-0.3, -0.25) is 4.79 Å². The lowest BCUT2D eigenvalue weighted by atomic mass is 9.42. The molecule has 3 nitrogen and oxygen atoms in total. The zero-order valence-corrected chi connectivity index (χ0v) is 18.6. The van der Waals surface area contributed by atoms with Crippen molar-refractivity contribution >= 4 is 5.78 Å². The minimum absolute atomic E-state index is 0.170. The van der Waals surface area contributed by atoms with Gasteiger partial charge in [0, 0.05) is 11.8 Å². The van der Waals surface area contributed by atoms with E-state index in [1.165, 1.54) is 25.7 Å². The van der Waals surface area contributed by atoms with Gasteiger partial charge in [-0.2, -0.15) is 0 Å². The number of rotatable bonds is 4. The van der Waals surface area contributed by atoms with E-state index in [0.29, 0.717) is 34.9 Å². The maximum Gasteiger partial charge on any atom is 0.139 e. The summed E-state index contributed by atoms with van der Waals surface area (Å²) in [5, 5.41) is 10.4.